The molecule has 1 N–H and O–H groups in total. The normalized spacial score (nSPS) is 28.4. The number of ether oxygens (including phenoxy) is 1. The molecule has 3 fully saturated rings. The van der Waals surface area contributed by atoms with E-state index >= 15 is 4.79 Å². The van der Waals surface area contributed by atoms with Crippen molar-refractivity contribution >= 4 is 47.0 Å². The van der Waals surface area contributed by atoms with Gasteiger partial charge in [0.05, 0.1) is 36.0 Å². The van der Waals surface area contributed by atoms with Crippen LogP contribution in [0.2, 0.25) is 5.02 Å². The van der Waals surface area contributed by atoms with Crippen molar-refractivity contribution in [1.82, 2.24) is 4.90 Å². The second kappa shape index (κ2) is 11.5. The predicted octanol–water partition coefficient (Wildman–Crippen LogP) is 6.56. The molecule has 6 atom stereocenters. The number of benzene rings is 3. The summed E-state index contributed by atoms with van der Waals surface area (Å²) in [5.41, 5.74) is 0.632. The molecule has 2 aliphatic heterocycles. The smallest absolute Gasteiger partial charge is 0.246 e. The highest BCUT2D eigenvalue weighted by Gasteiger charge is 2.69. The summed E-state index contributed by atoms with van der Waals surface area (Å²) in [6.45, 7) is 5.57. The first-order chi connectivity index (χ1) is 22.9. The highest BCUT2D eigenvalue weighted by molar-refractivity contribution is 6.32. The Labute approximate surface area is 284 Å². The molecule has 0 bridgehead atoms. The number of hydrogen-bond donors (Lipinski definition) is 1. The van der Waals surface area contributed by atoms with Crippen molar-refractivity contribution in [3.8, 4) is 11.5 Å². The minimum absolute atomic E-state index is 0.00391. The molecule has 1 saturated carbocycles. The number of carbonyl (C=O) groups is 4. The van der Waals surface area contributed by atoms with Crippen molar-refractivity contribution in [2.75, 3.05) is 12.0 Å². The van der Waals surface area contributed by atoms with Gasteiger partial charge in [-0.2, -0.15) is 0 Å². The van der Waals surface area contributed by atoms with Crippen molar-refractivity contribution in [2.45, 2.75) is 44.6 Å². The SMILES string of the molecule is COc1cc(C=CC2C3=CCC4C(=O)N(C(C)(C)C)C(=O)C4C3CC3C(=O)N(c4cccc(Cl)c4)C(=O)C23c2ccccc2)ccc1O. The number of aromatic hydroxyl groups is 1. The zero-order valence-electron chi connectivity index (χ0n) is 27.2. The largest absolute Gasteiger partial charge is 0.504 e. The lowest BCUT2D eigenvalue weighted by Gasteiger charge is -2.49. The molecule has 4 amide bonds. The number of phenolic OH excluding ortho intramolecular Hbond substituents is 1. The van der Waals surface area contributed by atoms with E-state index in [-0.39, 0.29) is 35.8 Å². The first kappa shape index (κ1) is 31.9. The molecule has 4 aliphatic rings. The minimum Gasteiger partial charge on any atom is -0.504 e. The van der Waals surface area contributed by atoms with E-state index in [0.29, 0.717) is 28.4 Å². The van der Waals surface area contributed by atoms with Gasteiger partial charge in [0.15, 0.2) is 11.5 Å². The van der Waals surface area contributed by atoms with E-state index in [9.17, 15) is 19.5 Å². The maximum Gasteiger partial charge on any atom is 0.246 e. The molecule has 0 radical (unpaired) electrons. The van der Waals surface area contributed by atoms with Crippen LogP contribution in [0.15, 0.2) is 90.5 Å². The Balaban J connectivity index is 1.45. The fraction of sp³-hybridized carbons (Fsp3) is 0.333. The molecule has 3 aromatic rings. The average Bonchev–Trinajstić information content (AvgIpc) is 3.46. The number of hydrogen-bond acceptors (Lipinski definition) is 6. The summed E-state index contributed by atoms with van der Waals surface area (Å²) in [6.07, 6.45) is 6.45. The van der Waals surface area contributed by atoms with Gasteiger partial charge < -0.3 is 9.84 Å². The third-order valence-electron chi connectivity index (χ3n) is 10.6. The molecule has 9 heteroatoms. The van der Waals surface area contributed by atoms with Crippen LogP contribution in [0.5, 0.6) is 11.5 Å². The lowest BCUT2D eigenvalue weighted by Crippen LogP contribution is -2.54. The van der Waals surface area contributed by atoms with E-state index in [0.717, 1.165) is 11.1 Å². The zero-order valence-corrected chi connectivity index (χ0v) is 28.0. The van der Waals surface area contributed by atoms with Gasteiger partial charge in [-0.15, -0.1) is 0 Å². The predicted molar refractivity (Wildman–Crippen MR) is 182 cm³/mol. The van der Waals surface area contributed by atoms with Crippen LogP contribution in [0.3, 0.4) is 0 Å². The topological polar surface area (TPSA) is 104 Å². The molecule has 0 spiro atoms. The highest BCUT2D eigenvalue weighted by Crippen LogP contribution is 2.62. The molecule has 3 aromatic carbocycles. The molecular weight excluding hydrogens is 628 g/mol. The van der Waals surface area contributed by atoms with Gasteiger partial charge >= 0.3 is 0 Å². The Morgan fingerprint density at radius 1 is 0.917 bits per heavy atom. The Bertz CT molecular complexity index is 1910. The number of likely N-dealkylation sites (tertiary alicyclic amines) is 1. The number of imide groups is 2. The van der Waals surface area contributed by atoms with Gasteiger partial charge in [0.2, 0.25) is 23.6 Å². The van der Waals surface area contributed by atoms with Crippen LogP contribution >= 0.6 is 11.6 Å². The van der Waals surface area contributed by atoms with E-state index in [1.54, 1.807) is 36.4 Å². The summed E-state index contributed by atoms with van der Waals surface area (Å²) in [7, 11) is 1.47. The molecule has 48 heavy (non-hydrogen) atoms. The lowest BCUT2D eigenvalue weighted by atomic mass is 9.50. The first-order valence-electron chi connectivity index (χ1n) is 16.2. The van der Waals surface area contributed by atoms with Gasteiger partial charge in [0, 0.05) is 16.5 Å². The maximum absolute atomic E-state index is 15.2. The summed E-state index contributed by atoms with van der Waals surface area (Å²) in [4.78, 5) is 60.5. The number of fused-ring (bicyclic) bond motifs is 4. The molecule has 0 aromatic heterocycles. The van der Waals surface area contributed by atoms with Crippen molar-refractivity contribution in [2.24, 2.45) is 29.6 Å². The number of halogens is 1. The summed E-state index contributed by atoms with van der Waals surface area (Å²) in [5, 5.41) is 10.6. The molecule has 246 valence electrons. The van der Waals surface area contributed by atoms with Gasteiger partial charge in [-0.25, -0.2) is 4.90 Å². The Kier molecular flexibility index (Phi) is 7.63. The number of amides is 4. The Morgan fingerprint density at radius 3 is 2.35 bits per heavy atom. The number of phenols is 1. The van der Waals surface area contributed by atoms with E-state index in [4.69, 9.17) is 16.3 Å². The molecular formula is C39H37ClN2O6. The Hall–Kier alpha value is -4.69. The maximum atomic E-state index is 15.2. The van der Waals surface area contributed by atoms with Crippen molar-refractivity contribution in [3.05, 3.63) is 107 Å². The second-order valence-corrected chi connectivity index (χ2v) is 14.5. The summed E-state index contributed by atoms with van der Waals surface area (Å²) >= 11 is 6.37. The molecule has 7 rings (SSSR count). The van der Waals surface area contributed by atoms with E-state index < -0.39 is 40.5 Å². The van der Waals surface area contributed by atoms with Crippen molar-refractivity contribution in [3.63, 3.8) is 0 Å². The number of rotatable bonds is 5. The minimum atomic E-state index is -1.34. The van der Waals surface area contributed by atoms with E-state index in [1.807, 2.05) is 69.3 Å². The average molecular weight is 665 g/mol. The summed E-state index contributed by atoms with van der Waals surface area (Å²) in [5.74, 6) is -3.93. The quantitative estimate of drug-likeness (QED) is 0.245. The van der Waals surface area contributed by atoms with Crippen LogP contribution in [0.25, 0.3) is 6.08 Å². The number of carbonyl (C=O) groups excluding carboxylic acids is 4. The van der Waals surface area contributed by atoms with Crippen LogP contribution in [0, 0.1) is 29.6 Å². The standard InChI is InChI=1S/C39H37ClN2O6/c1-38(2,3)42-34(44)27-16-15-26-28(33(27)36(42)46)21-30-35(45)41(25-12-8-11-24(40)20-25)37(47)39(30,23-9-6-5-7-10-23)29(26)17-13-22-14-18-31(43)32(19-22)48-4/h5-15,17-20,27-30,33,43H,16,21H2,1-4H3. The van der Waals surface area contributed by atoms with Crippen molar-refractivity contribution in [1.29, 1.82) is 0 Å². The van der Waals surface area contributed by atoms with Crippen LogP contribution in [-0.4, -0.2) is 46.3 Å². The van der Waals surface area contributed by atoms with Crippen LogP contribution < -0.4 is 9.64 Å². The number of anilines is 1. The molecule has 2 aliphatic carbocycles. The lowest BCUT2D eigenvalue weighted by molar-refractivity contribution is -0.145. The van der Waals surface area contributed by atoms with Gasteiger partial charge in [-0.3, -0.25) is 24.1 Å². The van der Waals surface area contributed by atoms with Crippen LogP contribution in [-0.2, 0) is 24.6 Å². The van der Waals surface area contributed by atoms with Crippen LogP contribution in [0.1, 0.15) is 44.7 Å². The molecule has 6 unspecified atom stereocenters. The highest BCUT2D eigenvalue weighted by atomic mass is 35.5. The fourth-order valence-corrected chi connectivity index (χ4v) is 8.84. The summed E-state index contributed by atoms with van der Waals surface area (Å²) < 4.78 is 5.35. The molecule has 2 heterocycles. The number of allylic oxidation sites excluding steroid dienone is 3. The third kappa shape index (κ3) is 4.64. The Morgan fingerprint density at radius 2 is 1.67 bits per heavy atom. The van der Waals surface area contributed by atoms with Crippen LogP contribution in [0.4, 0.5) is 5.69 Å². The number of methoxy groups -OCH3 is 1. The fourth-order valence-electron chi connectivity index (χ4n) is 8.66. The molecule has 8 nitrogen and oxygen atoms in total. The number of nitrogens with zero attached hydrogens (tertiary/aromatic N) is 2. The second-order valence-electron chi connectivity index (χ2n) is 14.1. The monoisotopic (exact) mass is 664 g/mol. The first-order valence-corrected chi connectivity index (χ1v) is 16.6. The van der Waals surface area contributed by atoms with Gasteiger partial charge in [-0.05, 0) is 81.0 Å². The zero-order chi connectivity index (χ0) is 34.1. The van der Waals surface area contributed by atoms with E-state index in [1.165, 1.54) is 23.0 Å². The van der Waals surface area contributed by atoms with Crippen molar-refractivity contribution < 1.29 is 29.0 Å². The summed E-state index contributed by atoms with van der Waals surface area (Å²) in [6, 6.07) is 21.1. The molecule has 2 saturated heterocycles. The van der Waals surface area contributed by atoms with Gasteiger partial charge in [-0.1, -0.05) is 77.9 Å². The van der Waals surface area contributed by atoms with Gasteiger partial charge in [0.1, 0.15) is 0 Å². The third-order valence-corrected chi connectivity index (χ3v) is 10.8. The van der Waals surface area contributed by atoms with E-state index in [2.05, 4.69) is 0 Å². The van der Waals surface area contributed by atoms with Gasteiger partial charge in [0.25, 0.3) is 0 Å².